The van der Waals surface area contributed by atoms with E-state index in [1.807, 2.05) is 50.5 Å². The molecule has 1 aromatic carbocycles. The summed E-state index contributed by atoms with van der Waals surface area (Å²) in [6.45, 7) is 8.36. The molecule has 1 unspecified atom stereocenters. The highest BCUT2D eigenvalue weighted by molar-refractivity contribution is 5.78. The van der Waals surface area contributed by atoms with Crippen LogP contribution in [0.3, 0.4) is 0 Å². The van der Waals surface area contributed by atoms with Crippen LogP contribution in [-0.2, 0) is 16.0 Å². The Balaban J connectivity index is 1.81. The Morgan fingerprint density at radius 2 is 1.39 bits per heavy atom. The number of rotatable bonds is 16. The molecule has 0 aliphatic carbocycles. The second-order valence-corrected chi connectivity index (χ2v) is 9.37. The summed E-state index contributed by atoms with van der Waals surface area (Å²) in [7, 11) is 0. The predicted octanol–water partition coefficient (Wildman–Crippen LogP) is 8.05. The van der Waals surface area contributed by atoms with Crippen LogP contribution in [0.1, 0.15) is 115 Å². The van der Waals surface area contributed by atoms with E-state index in [2.05, 4.69) is 23.8 Å². The third-order valence-corrected chi connectivity index (χ3v) is 6.33. The first-order valence-corrected chi connectivity index (χ1v) is 13.2. The summed E-state index contributed by atoms with van der Waals surface area (Å²) in [5, 5.41) is 0. The quantitative estimate of drug-likeness (QED) is 0.191. The van der Waals surface area contributed by atoms with Crippen molar-refractivity contribution >= 4 is 5.97 Å². The summed E-state index contributed by atoms with van der Waals surface area (Å²) in [5.41, 5.74) is 3.13. The lowest BCUT2D eigenvalue weighted by Crippen LogP contribution is -2.19. The molecule has 0 N–H and O–H groups in total. The number of aryl methyl sites for hydroxylation is 1. The summed E-state index contributed by atoms with van der Waals surface area (Å²) >= 11 is 0. The van der Waals surface area contributed by atoms with Crippen molar-refractivity contribution in [3.8, 4) is 11.4 Å². The zero-order chi connectivity index (χ0) is 23.9. The molecule has 0 amide bonds. The second-order valence-electron chi connectivity index (χ2n) is 9.37. The van der Waals surface area contributed by atoms with Gasteiger partial charge < -0.3 is 4.74 Å². The predicted molar refractivity (Wildman–Crippen MR) is 137 cm³/mol. The molecule has 0 saturated heterocycles. The molecule has 0 aliphatic rings. The number of benzene rings is 1. The fourth-order valence-electron chi connectivity index (χ4n) is 4.02. The van der Waals surface area contributed by atoms with Crippen LogP contribution in [0.2, 0.25) is 0 Å². The zero-order valence-electron chi connectivity index (χ0n) is 21.3. The van der Waals surface area contributed by atoms with Gasteiger partial charge in [0.1, 0.15) is 0 Å². The average Bonchev–Trinajstić information content (AvgIpc) is 2.84. The van der Waals surface area contributed by atoms with Crippen molar-refractivity contribution in [1.29, 1.82) is 0 Å². The fourth-order valence-corrected chi connectivity index (χ4v) is 4.02. The van der Waals surface area contributed by atoms with E-state index < -0.39 is 0 Å². The van der Waals surface area contributed by atoms with Gasteiger partial charge in [-0.05, 0) is 50.7 Å². The number of hydrogen-bond donors (Lipinski definition) is 0. The highest BCUT2D eigenvalue weighted by Crippen LogP contribution is 2.23. The molecular weight excluding hydrogens is 408 g/mol. The van der Waals surface area contributed by atoms with Crippen LogP contribution in [0.15, 0.2) is 36.7 Å². The number of carbonyl (C=O) groups is 1. The number of esters is 1. The van der Waals surface area contributed by atoms with Gasteiger partial charge in [0.2, 0.25) is 0 Å². The molecule has 0 saturated carbocycles. The number of ether oxygens (including phenoxy) is 1. The van der Waals surface area contributed by atoms with Crippen LogP contribution < -0.4 is 0 Å². The standard InChI is InChI=1S/C29H44N2O2/c1-5-7-9-11-12-14-16-25-21-30-28(31-22-25)27-19-17-26(18-20-27)24(4)29(32)33-23(3)15-13-10-8-6-2/h17-24H,5-16H2,1-4H3/t23?,24-/m1/s1. The molecule has 1 aromatic heterocycles. The molecule has 2 rings (SSSR count). The van der Waals surface area contributed by atoms with Gasteiger partial charge in [-0.1, -0.05) is 89.5 Å². The largest absolute Gasteiger partial charge is 0.462 e. The lowest BCUT2D eigenvalue weighted by molar-refractivity contribution is -0.150. The smallest absolute Gasteiger partial charge is 0.313 e. The number of hydrogen-bond acceptors (Lipinski definition) is 4. The minimum Gasteiger partial charge on any atom is -0.462 e. The first-order chi connectivity index (χ1) is 16.0. The second kappa shape index (κ2) is 15.6. The maximum atomic E-state index is 12.5. The molecule has 182 valence electrons. The van der Waals surface area contributed by atoms with Gasteiger partial charge in [-0.2, -0.15) is 0 Å². The van der Waals surface area contributed by atoms with Crippen LogP contribution >= 0.6 is 0 Å². The van der Waals surface area contributed by atoms with E-state index >= 15 is 0 Å². The molecule has 4 nitrogen and oxygen atoms in total. The molecule has 4 heteroatoms. The normalized spacial score (nSPS) is 13.0. The maximum Gasteiger partial charge on any atom is 0.313 e. The van der Waals surface area contributed by atoms with Crippen molar-refractivity contribution < 1.29 is 9.53 Å². The topological polar surface area (TPSA) is 52.1 Å². The van der Waals surface area contributed by atoms with Gasteiger partial charge in [0, 0.05) is 18.0 Å². The van der Waals surface area contributed by atoms with Gasteiger partial charge in [-0.25, -0.2) is 9.97 Å². The van der Waals surface area contributed by atoms with Gasteiger partial charge in [0.25, 0.3) is 0 Å². The van der Waals surface area contributed by atoms with Crippen LogP contribution in [0.4, 0.5) is 0 Å². The molecule has 33 heavy (non-hydrogen) atoms. The molecule has 1 heterocycles. The molecule has 0 radical (unpaired) electrons. The van der Waals surface area contributed by atoms with E-state index in [-0.39, 0.29) is 18.0 Å². The number of carbonyl (C=O) groups excluding carboxylic acids is 1. The lowest BCUT2D eigenvalue weighted by atomic mass is 9.99. The Hall–Kier alpha value is -2.23. The van der Waals surface area contributed by atoms with E-state index in [1.54, 1.807) is 0 Å². The molecule has 0 aliphatic heterocycles. The average molecular weight is 453 g/mol. The van der Waals surface area contributed by atoms with Gasteiger partial charge in [-0.3, -0.25) is 4.79 Å². The Kier molecular flexibility index (Phi) is 12.8. The van der Waals surface area contributed by atoms with Crippen LogP contribution in [0.5, 0.6) is 0 Å². The Morgan fingerprint density at radius 3 is 2.03 bits per heavy atom. The van der Waals surface area contributed by atoms with Crippen molar-refractivity contribution in [3.63, 3.8) is 0 Å². The van der Waals surface area contributed by atoms with Crippen molar-refractivity contribution in [2.75, 3.05) is 0 Å². The number of nitrogens with zero attached hydrogens (tertiary/aromatic N) is 2. The summed E-state index contributed by atoms with van der Waals surface area (Å²) < 4.78 is 5.67. The summed E-state index contributed by atoms with van der Waals surface area (Å²) in [4.78, 5) is 21.7. The van der Waals surface area contributed by atoms with Gasteiger partial charge >= 0.3 is 5.97 Å². The highest BCUT2D eigenvalue weighted by Gasteiger charge is 2.19. The minimum absolute atomic E-state index is 0.0284. The third-order valence-electron chi connectivity index (χ3n) is 6.33. The van der Waals surface area contributed by atoms with Crippen LogP contribution in [0, 0.1) is 0 Å². The highest BCUT2D eigenvalue weighted by atomic mass is 16.5. The van der Waals surface area contributed by atoms with Gasteiger partial charge in [0.15, 0.2) is 5.82 Å². The molecule has 0 bridgehead atoms. The van der Waals surface area contributed by atoms with E-state index in [4.69, 9.17) is 4.74 Å². The van der Waals surface area contributed by atoms with E-state index in [0.29, 0.717) is 0 Å². The Morgan fingerprint density at radius 1 is 0.818 bits per heavy atom. The van der Waals surface area contributed by atoms with Crippen molar-refractivity contribution in [3.05, 3.63) is 47.8 Å². The van der Waals surface area contributed by atoms with Crippen molar-refractivity contribution in [2.45, 2.75) is 117 Å². The first-order valence-electron chi connectivity index (χ1n) is 13.2. The number of aromatic nitrogens is 2. The van der Waals surface area contributed by atoms with E-state index in [0.717, 1.165) is 36.2 Å². The summed E-state index contributed by atoms with van der Waals surface area (Å²) in [6, 6.07) is 7.97. The zero-order valence-corrected chi connectivity index (χ0v) is 21.3. The maximum absolute atomic E-state index is 12.5. The molecule has 2 atom stereocenters. The van der Waals surface area contributed by atoms with E-state index in [1.165, 1.54) is 63.4 Å². The molecule has 0 spiro atoms. The fraction of sp³-hybridized carbons (Fsp3) is 0.621. The van der Waals surface area contributed by atoms with Crippen molar-refractivity contribution in [2.24, 2.45) is 0 Å². The summed E-state index contributed by atoms with van der Waals surface area (Å²) in [6.07, 6.45) is 18.4. The monoisotopic (exact) mass is 452 g/mol. The SMILES string of the molecule is CCCCCCCCc1cnc(-c2ccc([C@@H](C)C(=O)OC(C)CCCCCC)cc2)nc1. The van der Waals surface area contributed by atoms with Crippen LogP contribution in [0.25, 0.3) is 11.4 Å². The van der Waals surface area contributed by atoms with Crippen LogP contribution in [-0.4, -0.2) is 22.0 Å². The molecular formula is C29H44N2O2. The first kappa shape index (κ1) is 27.0. The number of unbranched alkanes of at least 4 members (excludes halogenated alkanes) is 8. The van der Waals surface area contributed by atoms with E-state index in [9.17, 15) is 4.79 Å². The minimum atomic E-state index is -0.280. The third kappa shape index (κ3) is 10.1. The Labute approximate surface area is 201 Å². The van der Waals surface area contributed by atoms with Gasteiger partial charge in [-0.15, -0.1) is 0 Å². The molecule has 0 fully saturated rings. The lowest BCUT2D eigenvalue weighted by Gasteiger charge is -2.17. The summed E-state index contributed by atoms with van der Waals surface area (Å²) in [5.74, 6) is 0.294. The molecule has 2 aromatic rings. The Bertz CT molecular complexity index is 786. The van der Waals surface area contributed by atoms with Crippen molar-refractivity contribution in [1.82, 2.24) is 9.97 Å². The van der Waals surface area contributed by atoms with Gasteiger partial charge in [0.05, 0.1) is 12.0 Å².